The van der Waals surface area contributed by atoms with Crippen LogP contribution in [0.3, 0.4) is 0 Å². The van der Waals surface area contributed by atoms with Crippen LogP contribution >= 0.6 is 11.3 Å². The van der Waals surface area contributed by atoms with Crippen molar-refractivity contribution in [2.24, 2.45) is 0 Å². The second kappa shape index (κ2) is 4.03. The summed E-state index contributed by atoms with van der Waals surface area (Å²) in [5.41, 5.74) is 0.993. The van der Waals surface area contributed by atoms with Gasteiger partial charge in [0.25, 0.3) is 0 Å². The van der Waals surface area contributed by atoms with Crippen molar-refractivity contribution in [1.82, 2.24) is 10.5 Å². The molecule has 0 bridgehead atoms. The molecule has 1 saturated carbocycles. The summed E-state index contributed by atoms with van der Waals surface area (Å²) in [7, 11) is 0. The fraction of sp³-hybridized carbons (Fsp3) is 0.417. The third-order valence-corrected chi connectivity index (χ3v) is 3.71. The molecule has 3 rings (SSSR count). The molecule has 0 unspecified atom stereocenters. The molecule has 1 N–H and O–H groups in total. The van der Waals surface area contributed by atoms with Crippen LogP contribution in [0.25, 0.3) is 10.6 Å². The predicted molar refractivity (Wildman–Crippen MR) is 64.4 cm³/mol. The SMILES string of the molecule is Cc1ccc(-c2cc(CNC3CC3)no2)s1. The van der Waals surface area contributed by atoms with E-state index in [1.165, 1.54) is 17.7 Å². The number of hydrogen-bond donors (Lipinski definition) is 1. The third-order valence-electron chi connectivity index (χ3n) is 2.69. The first-order valence-electron chi connectivity index (χ1n) is 5.57. The standard InChI is InChI=1S/C12H14N2OS/c1-8-2-5-12(16-8)11-6-10(14-15-11)7-13-9-3-4-9/h2,5-6,9,13H,3-4,7H2,1H3. The van der Waals surface area contributed by atoms with Crippen LogP contribution in [0.15, 0.2) is 22.7 Å². The van der Waals surface area contributed by atoms with Gasteiger partial charge < -0.3 is 9.84 Å². The van der Waals surface area contributed by atoms with Crippen LogP contribution in [-0.2, 0) is 6.54 Å². The van der Waals surface area contributed by atoms with Crippen molar-refractivity contribution in [2.45, 2.75) is 32.4 Å². The van der Waals surface area contributed by atoms with Crippen LogP contribution in [-0.4, -0.2) is 11.2 Å². The number of nitrogens with one attached hydrogen (secondary N) is 1. The van der Waals surface area contributed by atoms with Crippen molar-refractivity contribution >= 4 is 11.3 Å². The summed E-state index contributed by atoms with van der Waals surface area (Å²) < 4.78 is 5.34. The van der Waals surface area contributed by atoms with E-state index in [-0.39, 0.29) is 0 Å². The Morgan fingerprint density at radius 3 is 3.06 bits per heavy atom. The predicted octanol–water partition coefficient (Wildman–Crippen LogP) is 2.96. The van der Waals surface area contributed by atoms with Crippen molar-refractivity contribution in [1.29, 1.82) is 0 Å². The number of nitrogens with zero attached hydrogens (tertiary/aromatic N) is 1. The molecular weight excluding hydrogens is 220 g/mol. The third kappa shape index (κ3) is 2.18. The van der Waals surface area contributed by atoms with E-state index in [4.69, 9.17) is 4.52 Å². The highest BCUT2D eigenvalue weighted by Crippen LogP contribution is 2.28. The van der Waals surface area contributed by atoms with Crippen LogP contribution in [0.1, 0.15) is 23.4 Å². The van der Waals surface area contributed by atoms with E-state index in [1.54, 1.807) is 11.3 Å². The molecule has 0 spiro atoms. The monoisotopic (exact) mass is 234 g/mol. The fourth-order valence-electron chi connectivity index (χ4n) is 1.61. The Labute approximate surface area is 98.5 Å². The van der Waals surface area contributed by atoms with Gasteiger partial charge in [-0.15, -0.1) is 11.3 Å². The number of thiophene rings is 1. The zero-order chi connectivity index (χ0) is 11.0. The van der Waals surface area contributed by atoms with Gasteiger partial charge in [0.05, 0.1) is 10.6 Å². The quantitative estimate of drug-likeness (QED) is 0.883. The maximum absolute atomic E-state index is 5.34. The summed E-state index contributed by atoms with van der Waals surface area (Å²) in [5.74, 6) is 0.880. The van der Waals surface area contributed by atoms with E-state index in [2.05, 4.69) is 29.5 Å². The van der Waals surface area contributed by atoms with Crippen molar-refractivity contribution < 1.29 is 4.52 Å². The van der Waals surface area contributed by atoms with Gasteiger partial charge in [0.2, 0.25) is 0 Å². The average Bonchev–Trinajstić information content (AvgIpc) is 2.81. The van der Waals surface area contributed by atoms with Crippen LogP contribution in [0.2, 0.25) is 0 Å². The Hall–Kier alpha value is -1.13. The van der Waals surface area contributed by atoms with Crippen molar-refractivity contribution in [3.63, 3.8) is 0 Å². The molecule has 1 fully saturated rings. The van der Waals surface area contributed by atoms with Gasteiger partial charge in [0.1, 0.15) is 0 Å². The van der Waals surface area contributed by atoms with E-state index in [0.717, 1.165) is 22.9 Å². The summed E-state index contributed by atoms with van der Waals surface area (Å²) in [6.07, 6.45) is 2.60. The molecule has 1 aliphatic rings. The summed E-state index contributed by atoms with van der Waals surface area (Å²) in [6.45, 7) is 2.92. The molecule has 1 aliphatic carbocycles. The summed E-state index contributed by atoms with van der Waals surface area (Å²) in [6, 6.07) is 6.92. The molecule has 4 heteroatoms. The lowest BCUT2D eigenvalue weighted by Gasteiger charge is -1.95. The van der Waals surface area contributed by atoms with Gasteiger partial charge in [-0.2, -0.15) is 0 Å². The zero-order valence-corrected chi connectivity index (χ0v) is 10.0. The molecule has 0 amide bonds. The van der Waals surface area contributed by atoms with E-state index < -0.39 is 0 Å². The number of rotatable bonds is 4. The van der Waals surface area contributed by atoms with Crippen LogP contribution < -0.4 is 5.32 Å². The van der Waals surface area contributed by atoms with Gasteiger partial charge in [-0.3, -0.25) is 0 Å². The normalized spacial score (nSPS) is 15.6. The second-order valence-electron chi connectivity index (χ2n) is 4.25. The Morgan fingerprint density at radius 2 is 2.38 bits per heavy atom. The van der Waals surface area contributed by atoms with E-state index in [0.29, 0.717) is 6.04 Å². The highest BCUT2D eigenvalue weighted by Gasteiger charge is 2.20. The van der Waals surface area contributed by atoms with E-state index in [1.807, 2.05) is 6.07 Å². The number of aromatic nitrogens is 1. The van der Waals surface area contributed by atoms with Gasteiger partial charge in [-0.25, -0.2) is 0 Å². The minimum Gasteiger partial charge on any atom is -0.355 e. The molecule has 0 atom stereocenters. The first-order valence-corrected chi connectivity index (χ1v) is 6.39. The fourth-order valence-corrected chi connectivity index (χ4v) is 2.43. The Morgan fingerprint density at radius 1 is 1.50 bits per heavy atom. The molecule has 2 aromatic rings. The Balaban J connectivity index is 1.71. The highest BCUT2D eigenvalue weighted by atomic mass is 32.1. The first kappa shape index (κ1) is 10.1. The lowest BCUT2D eigenvalue weighted by Crippen LogP contribution is -2.15. The Bertz CT molecular complexity index is 485. The van der Waals surface area contributed by atoms with Crippen LogP contribution in [0, 0.1) is 6.92 Å². The molecule has 16 heavy (non-hydrogen) atoms. The second-order valence-corrected chi connectivity index (χ2v) is 5.54. The van der Waals surface area contributed by atoms with Gasteiger partial charge in [-0.1, -0.05) is 5.16 Å². The topological polar surface area (TPSA) is 38.1 Å². The molecule has 0 saturated heterocycles. The van der Waals surface area contributed by atoms with Gasteiger partial charge in [0.15, 0.2) is 5.76 Å². The molecule has 84 valence electrons. The van der Waals surface area contributed by atoms with Gasteiger partial charge in [-0.05, 0) is 31.9 Å². The van der Waals surface area contributed by atoms with Crippen LogP contribution in [0.4, 0.5) is 0 Å². The molecule has 0 aromatic carbocycles. The average molecular weight is 234 g/mol. The zero-order valence-electron chi connectivity index (χ0n) is 9.19. The maximum Gasteiger partial charge on any atom is 0.177 e. The molecule has 3 nitrogen and oxygen atoms in total. The van der Waals surface area contributed by atoms with Gasteiger partial charge >= 0.3 is 0 Å². The highest BCUT2D eigenvalue weighted by molar-refractivity contribution is 7.15. The molecule has 0 aliphatic heterocycles. The maximum atomic E-state index is 5.34. The Kier molecular flexibility index (Phi) is 2.53. The van der Waals surface area contributed by atoms with Crippen molar-refractivity contribution in [3.05, 3.63) is 28.8 Å². The lowest BCUT2D eigenvalue weighted by molar-refractivity contribution is 0.420. The van der Waals surface area contributed by atoms with Gasteiger partial charge in [0, 0.05) is 23.5 Å². The minimum absolute atomic E-state index is 0.712. The van der Waals surface area contributed by atoms with E-state index in [9.17, 15) is 0 Å². The van der Waals surface area contributed by atoms with E-state index >= 15 is 0 Å². The lowest BCUT2D eigenvalue weighted by atomic mass is 10.3. The number of aryl methyl sites for hydroxylation is 1. The minimum atomic E-state index is 0.712. The summed E-state index contributed by atoms with van der Waals surface area (Å²) in [5, 5.41) is 7.49. The summed E-state index contributed by atoms with van der Waals surface area (Å²) >= 11 is 1.74. The van der Waals surface area contributed by atoms with Crippen molar-refractivity contribution in [3.8, 4) is 10.6 Å². The smallest absolute Gasteiger partial charge is 0.177 e. The summed E-state index contributed by atoms with van der Waals surface area (Å²) in [4.78, 5) is 2.45. The molecule has 2 heterocycles. The first-order chi connectivity index (χ1) is 7.81. The van der Waals surface area contributed by atoms with Crippen LogP contribution in [0.5, 0.6) is 0 Å². The molecular formula is C12H14N2OS. The molecule has 2 aromatic heterocycles. The molecule has 0 radical (unpaired) electrons. The van der Waals surface area contributed by atoms with Crippen molar-refractivity contribution in [2.75, 3.05) is 0 Å². The largest absolute Gasteiger partial charge is 0.355 e. The number of hydrogen-bond acceptors (Lipinski definition) is 4.